The van der Waals surface area contributed by atoms with Gasteiger partial charge >= 0.3 is 0 Å². The Bertz CT molecular complexity index is 512. The molecular weight excluding hydrogens is 395 g/mol. The van der Waals surface area contributed by atoms with Crippen LogP contribution in [0.4, 0.5) is 0 Å². The van der Waals surface area contributed by atoms with E-state index < -0.39 is 0 Å². The molecule has 1 aromatic rings. The number of nitrogens with one attached hydrogen (secondary N) is 2. The van der Waals surface area contributed by atoms with Gasteiger partial charge in [0, 0.05) is 12.1 Å². The van der Waals surface area contributed by atoms with E-state index in [0.29, 0.717) is 24.8 Å². The molecule has 3 atom stereocenters. The van der Waals surface area contributed by atoms with Gasteiger partial charge in [0.25, 0.3) is 0 Å². The van der Waals surface area contributed by atoms with Crippen molar-refractivity contribution in [3.8, 4) is 0 Å². The van der Waals surface area contributed by atoms with Gasteiger partial charge in [0.2, 0.25) is 0 Å². The Kier molecular flexibility index (Phi) is 6.08. The van der Waals surface area contributed by atoms with Crippen LogP contribution in [0.5, 0.6) is 0 Å². The molecule has 3 heterocycles. The predicted molar refractivity (Wildman–Crippen MR) is 95.6 cm³/mol. The minimum Gasteiger partial charge on any atom is -0.373 e. The molecule has 22 heavy (non-hydrogen) atoms. The molecule has 2 aliphatic rings. The summed E-state index contributed by atoms with van der Waals surface area (Å²) in [5.74, 6) is 1.69. The lowest BCUT2D eigenvalue weighted by Crippen LogP contribution is -2.47. The number of halogens is 1. The molecule has 0 aromatic carbocycles. The smallest absolute Gasteiger partial charge is 0.191 e. The summed E-state index contributed by atoms with van der Waals surface area (Å²) >= 11 is 0. The molecule has 1 aromatic heterocycles. The molecule has 6 nitrogen and oxygen atoms in total. The van der Waals surface area contributed by atoms with Crippen LogP contribution in [0.15, 0.2) is 9.52 Å². The lowest BCUT2D eigenvalue weighted by atomic mass is 9.96. The van der Waals surface area contributed by atoms with Crippen molar-refractivity contribution in [1.29, 1.82) is 0 Å². The van der Waals surface area contributed by atoms with Gasteiger partial charge in [-0.1, -0.05) is 5.16 Å². The quantitative estimate of drug-likeness (QED) is 0.445. The summed E-state index contributed by atoms with van der Waals surface area (Å²) in [4.78, 5) is 4.66. The molecule has 0 spiro atoms. The Hall–Kier alpha value is -0.830. The fourth-order valence-electron chi connectivity index (χ4n) is 3.17. The first-order valence-electron chi connectivity index (χ1n) is 7.79. The van der Waals surface area contributed by atoms with Gasteiger partial charge < -0.3 is 19.9 Å². The third-order valence-corrected chi connectivity index (χ3v) is 4.35. The van der Waals surface area contributed by atoms with E-state index in [-0.39, 0.29) is 24.0 Å². The van der Waals surface area contributed by atoms with Gasteiger partial charge in [-0.25, -0.2) is 4.99 Å². The molecule has 2 fully saturated rings. The van der Waals surface area contributed by atoms with Crippen molar-refractivity contribution in [3.63, 3.8) is 0 Å². The van der Waals surface area contributed by atoms with Crippen molar-refractivity contribution in [2.24, 2.45) is 4.99 Å². The minimum atomic E-state index is 0. The van der Waals surface area contributed by atoms with Crippen LogP contribution >= 0.6 is 24.0 Å². The first-order chi connectivity index (χ1) is 10.2. The van der Waals surface area contributed by atoms with E-state index in [2.05, 4.69) is 27.7 Å². The first-order valence-corrected chi connectivity index (χ1v) is 7.79. The van der Waals surface area contributed by atoms with E-state index >= 15 is 0 Å². The zero-order chi connectivity index (χ0) is 14.8. The highest BCUT2D eigenvalue weighted by molar-refractivity contribution is 14.0. The van der Waals surface area contributed by atoms with Crippen LogP contribution in [0.2, 0.25) is 0 Å². The molecule has 7 heteroatoms. The summed E-state index contributed by atoms with van der Waals surface area (Å²) in [6.45, 7) is 7.37. The summed E-state index contributed by atoms with van der Waals surface area (Å²) in [6, 6.07) is 0.381. The molecule has 2 aliphatic heterocycles. The van der Waals surface area contributed by atoms with E-state index in [4.69, 9.17) is 9.26 Å². The van der Waals surface area contributed by atoms with E-state index in [9.17, 15) is 0 Å². The number of hydrogen-bond acceptors (Lipinski definition) is 4. The summed E-state index contributed by atoms with van der Waals surface area (Å²) in [7, 11) is 0. The van der Waals surface area contributed by atoms with Crippen molar-refractivity contribution in [2.75, 3.05) is 6.54 Å². The fraction of sp³-hybridized carbons (Fsp3) is 0.733. The Balaban J connectivity index is 0.00000176. The lowest BCUT2D eigenvalue weighted by molar-refractivity contribution is 0.0992. The normalized spacial score (nSPS) is 26.9. The Morgan fingerprint density at radius 3 is 2.73 bits per heavy atom. The number of aromatic nitrogens is 1. The maximum absolute atomic E-state index is 5.88. The molecule has 0 aliphatic carbocycles. The predicted octanol–water partition coefficient (Wildman–Crippen LogP) is 2.28. The highest BCUT2D eigenvalue weighted by Crippen LogP contribution is 2.34. The largest absolute Gasteiger partial charge is 0.373 e. The third-order valence-electron chi connectivity index (χ3n) is 4.35. The number of hydrogen-bond donors (Lipinski definition) is 2. The molecule has 3 unspecified atom stereocenters. The van der Waals surface area contributed by atoms with Crippen molar-refractivity contribution in [2.45, 2.75) is 64.8 Å². The van der Waals surface area contributed by atoms with Crippen LogP contribution in [0.25, 0.3) is 0 Å². The number of rotatable bonds is 4. The summed E-state index contributed by atoms with van der Waals surface area (Å²) in [5, 5.41) is 10.8. The van der Waals surface area contributed by atoms with Crippen molar-refractivity contribution in [3.05, 3.63) is 17.0 Å². The van der Waals surface area contributed by atoms with Crippen LogP contribution < -0.4 is 10.6 Å². The number of nitrogens with zero attached hydrogens (tertiary/aromatic N) is 2. The lowest BCUT2D eigenvalue weighted by Gasteiger charge is -2.22. The molecule has 3 rings (SSSR count). The molecule has 2 saturated heterocycles. The Morgan fingerprint density at radius 1 is 1.36 bits per heavy atom. The second-order valence-corrected chi connectivity index (χ2v) is 5.86. The van der Waals surface area contributed by atoms with Gasteiger partial charge in [-0.2, -0.15) is 0 Å². The standard InChI is InChI=1S/C15H24N4O2.HI/c1-4-16-15(17-8-12-9(2)19-21-10(12)3)18-13-7-11-5-6-14(13)20-11;/h11,13-14H,4-8H2,1-3H3,(H2,16,17,18);1H. The van der Waals surface area contributed by atoms with E-state index in [0.717, 1.165) is 42.4 Å². The van der Waals surface area contributed by atoms with E-state index in [1.807, 2.05) is 13.8 Å². The highest BCUT2D eigenvalue weighted by Gasteiger charge is 2.41. The topological polar surface area (TPSA) is 71.7 Å². The maximum atomic E-state index is 5.88. The van der Waals surface area contributed by atoms with Gasteiger partial charge in [-0.05, 0) is 40.0 Å². The zero-order valence-corrected chi connectivity index (χ0v) is 15.7. The van der Waals surface area contributed by atoms with E-state index in [1.165, 1.54) is 6.42 Å². The Morgan fingerprint density at radius 2 is 2.18 bits per heavy atom. The molecule has 0 radical (unpaired) electrons. The number of guanidine groups is 1. The van der Waals surface area contributed by atoms with Crippen molar-refractivity contribution in [1.82, 2.24) is 15.8 Å². The second kappa shape index (κ2) is 7.63. The SMILES string of the molecule is CCNC(=NCc1c(C)noc1C)NC1CC2CCC1O2.I. The van der Waals surface area contributed by atoms with Crippen LogP contribution in [0.3, 0.4) is 0 Å². The van der Waals surface area contributed by atoms with Crippen LogP contribution in [-0.2, 0) is 11.3 Å². The number of aliphatic imine (C=N–C) groups is 1. The summed E-state index contributed by atoms with van der Waals surface area (Å²) in [6.07, 6.45) is 4.23. The highest BCUT2D eigenvalue weighted by atomic mass is 127. The number of aryl methyl sites for hydroxylation is 2. The van der Waals surface area contributed by atoms with Gasteiger partial charge in [-0.3, -0.25) is 0 Å². The van der Waals surface area contributed by atoms with E-state index in [1.54, 1.807) is 0 Å². The molecule has 2 bridgehead atoms. The average Bonchev–Trinajstić information content (AvgIpc) is 3.14. The summed E-state index contributed by atoms with van der Waals surface area (Å²) in [5.41, 5.74) is 1.98. The van der Waals surface area contributed by atoms with Crippen LogP contribution in [0.1, 0.15) is 43.2 Å². The molecule has 2 N–H and O–H groups in total. The van der Waals surface area contributed by atoms with Gasteiger partial charge in [0.1, 0.15) is 5.76 Å². The fourth-order valence-corrected chi connectivity index (χ4v) is 3.17. The van der Waals surface area contributed by atoms with Crippen LogP contribution in [0, 0.1) is 13.8 Å². The molecule has 124 valence electrons. The zero-order valence-electron chi connectivity index (χ0n) is 13.4. The van der Waals surface area contributed by atoms with Crippen LogP contribution in [-0.4, -0.2) is 35.9 Å². The number of fused-ring (bicyclic) bond motifs is 2. The number of ether oxygens (including phenoxy) is 1. The molecule has 0 saturated carbocycles. The second-order valence-electron chi connectivity index (χ2n) is 5.86. The Labute approximate surface area is 148 Å². The minimum absolute atomic E-state index is 0. The van der Waals surface area contributed by atoms with Gasteiger partial charge in [0.15, 0.2) is 5.96 Å². The summed E-state index contributed by atoms with van der Waals surface area (Å²) < 4.78 is 11.1. The average molecular weight is 420 g/mol. The maximum Gasteiger partial charge on any atom is 0.191 e. The van der Waals surface area contributed by atoms with Crippen molar-refractivity contribution < 1.29 is 9.26 Å². The molecular formula is C15H25IN4O2. The van der Waals surface area contributed by atoms with Gasteiger partial charge in [0.05, 0.1) is 30.5 Å². The van der Waals surface area contributed by atoms with Gasteiger partial charge in [-0.15, -0.1) is 24.0 Å². The third kappa shape index (κ3) is 3.73. The molecule has 0 amide bonds. The van der Waals surface area contributed by atoms with Crippen molar-refractivity contribution >= 4 is 29.9 Å². The monoisotopic (exact) mass is 420 g/mol. The first kappa shape index (κ1) is 17.5.